The largest absolute Gasteiger partial charge is 0.396 e. The minimum atomic E-state index is -0.349. The maximum Gasteiger partial charge on any atom is 0.272 e. The van der Waals surface area contributed by atoms with Gasteiger partial charge in [-0.15, -0.1) is 0 Å². The topological polar surface area (TPSA) is 67.2 Å². The van der Waals surface area contributed by atoms with E-state index in [0.29, 0.717) is 11.4 Å². The summed E-state index contributed by atoms with van der Waals surface area (Å²) in [6, 6.07) is 7.72. The summed E-state index contributed by atoms with van der Waals surface area (Å²) in [5, 5.41) is 16.9. The molecule has 1 aromatic heterocycles. The van der Waals surface area contributed by atoms with Crippen molar-refractivity contribution in [3.63, 3.8) is 0 Å². The zero-order chi connectivity index (χ0) is 17.3. The number of aliphatic hydroxyl groups excluding tert-OH is 1. The van der Waals surface area contributed by atoms with Gasteiger partial charge >= 0.3 is 0 Å². The summed E-state index contributed by atoms with van der Waals surface area (Å²) >= 11 is 0. The molecule has 3 rings (SSSR count). The van der Waals surface area contributed by atoms with Crippen LogP contribution in [0.2, 0.25) is 0 Å². The van der Waals surface area contributed by atoms with E-state index in [1.165, 1.54) is 12.1 Å². The molecule has 24 heavy (non-hydrogen) atoms. The number of hydrogen-bond donors (Lipinski definition) is 2. The number of aliphatic hydroxyl groups is 1. The first-order valence-corrected chi connectivity index (χ1v) is 8.17. The van der Waals surface area contributed by atoms with E-state index < -0.39 is 0 Å². The van der Waals surface area contributed by atoms with Crippen molar-refractivity contribution in [2.75, 3.05) is 6.61 Å². The Labute approximate surface area is 140 Å². The number of aromatic nitrogens is 2. The number of amides is 1. The van der Waals surface area contributed by atoms with E-state index >= 15 is 0 Å². The maximum atomic E-state index is 13.4. The van der Waals surface area contributed by atoms with Crippen LogP contribution >= 0.6 is 0 Å². The molecular weight excluding hydrogens is 309 g/mol. The number of nitrogens with one attached hydrogen (secondary N) is 1. The molecule has 0 spiro atoms. The molecular formula is C18H22FN3O2. The molecule has 1 aliphatic carbocycles. The molecule has 1 fully saturated rings. The smallest absolute Gasteiger partial charge is 0.272 e. The minimum Gasteiger partial charge on any atom is -0.396 e. The Morgan fingerprint density at radius 1 is 1.50 bits per heavy atom. The standard InChI is InChI=1S/C18H22FN3O2/c1-12-9-15(21-22(12)14-6-3-5-13(19)10-14)17(24)20-16-7-4-8-18(16,2)11-23/h3,5-6,9-10,16,23H,4,7-8,11H2,1-2H3,(H,20,24). The van der Waals surface area contributed by atoms with Crippen LogP contribution in [0.25, 0.3) is 5.69 Å². The molecule has 1 aliphatic rings. The molecule has 1 heterocycles. The van der Waals surface area contributed by atoms with Gasteiger partial charge in [0.05, 0.1) is 12.3 Å². The highest BCUT2D eigenvalue weighted by atomic mass is 19.1. The van der Waals surface area contributed by atoms with Crippen LogP contribution in [0.5, 0.6) is 0 Å². The van der Waals surface area contributed by atoms with Gasteiger partial charge in [0.2, 0.25) is 0 Å². The van der Waals surface area contributed by atoms with E-state index in [2.05, 4.69) is 10.4 Å². The van der Waals surface area contributed by atoms with Crippen LogP contribution < -0.4 is 5.32 Å². The number of halogens is 1. The fourth-order valence-corrected chi connectivity index (χ4v) is 3.36. The fourth-order valence-electron chi connectivity index (χ4n) is 3.36. The van der Waals surface area contributed by atoms with Crippen LogP contribution in [0.3, 0.4) is 0 Å². The quantitative estimate of drug-likeness (QED) is 0.905. The van der Waals surface area contributed by atoms with E-state index in [1.807, 2.05) is 13.8 Å². The summed E-state index contributed by atoms with van der Waals surface area (Å²) < 4.78 is 15.0. The Kier molecular flexibility index (Phi) is 4.41. The Morgan fingerprint density at radius 2 is 2.29 bits per heavy atom. The highest BCUT2D eigenvalue weighted by molar-refractivity contribution is 5.92. The van der Waals surface area contributed by atoms with Crippen molar-refractivity contribution in [2.45, 2.75) is 39.2 Å². The molecule has 0 aliphatic heterocycles. The number of nitrogens with zero attached hydrogens (tertiary/aromatic N) is 2. The molecule has 1 saturated carbocycles. The third-order valence-corrected chi connectivity index (χ3v) is 4.92. The Hall–Kier alpha value is -2.21. The summed E-state index contributed by atoms with van der Waals surface area (Å²) in [7, 11) is 0. The van der Waals surface area contributed by atoms with Gasteiger partial charge in [-0.2, -0.15) is 5.10 Å². The van der Waals surface area contributed by atoms with Gasteiger partial charge in [-0.05, 0) is 44.0 Å². The molecule has 5 nitrogen and oxygen atoms in total. The molecule has 0 radical (unpaired) electrons. The SMILES string of the molecule is Cc1cc(C(=O)NC2CCCC2(C)CO)nn1-c1cccc(F)c1. The van der Waals surface area contributed by atoms with Crippen LogP contribution in [0, 0.1) is 18.2 Å². The van der Waals surface area contributed by atoms with Gasteiger partial charge in [0.25, 0.3) is 5.91 Å². The van der Waals surface area contributed by atoms with Gasteiger partial charge in [0.15, 0.2) is 5.69 Å². The van der Waals surface area contributed by atoms with Crippen LogP contribution in [-0.4, -0.2) is 33.4 Å². The van der Waals surface area contributed by atoms with E-state index in [-0.39, 0.29) is 29.8 Å². The van der Waals surface area contributed by atoms with E-state index in [0.717, 1.165) is 25.0 Å². The molecule has 1 amide bonds. The third-order valence-electron chi connectivity index (χ3n) is 4.92. The molecule has 2 N–H and O–H groups in total. The Bertz CT molecular complexity index is 758. The summed E-state index contributed by atoms with van der Waals surface area (Å²) in [4.78, 5) is 12.5. The molecule has 0 saturated heterocycles. The Balaban J connectivity index is 1.81. The first-order valence-electron chi connectivity index (χ1n) is 8.17. The van der Waals surface area contributed by atoms with Gasteiger partial charge in [0.1, 0.15) is 5.82 Å². The number of rotatable bonds is 4. The number of benzene rings is 1. The number of carbonyl (C=O) groups excluding carboxylic acids is 1. The molecule has 0 bridgehead atoms. The first-order chi connectivity index (χ1) is 11.4. The fraction of sp³-hybridized carbons (Fsp3) is 0.444. The lowest BCUT2D eigenvalue weighted by molar-refractivity contribution is 0.0825. The Morgan fingerprint density at radius 3 is 3.00 bits per heavy atom. The minimum absolute atomic E-state index is 0.0503. The average molecular weight is 331 g/mol. The first kappa shape index (κ1) is 16.6. The molecule has 2 unspecified atom stereocenters. The van der Waals surface area contributed by atoms with Crippen LogP contribution in [0.15, 0.2) is 30.3 Å². The number of aryl methyl sites for hydroxylation is 1. The second-order valence-electron chi connectivity index (χ2n) is 6.79. The number of carbonyl (C=O) groups is 1. The lowest BCUT2D eigenvalue weighted by atomic mass is 9.86. The van der Waals surface area contributed by atoms with E-state index in [1.54, 1.807) is 22.9 Å². The summed E-state index contributed by atoms with van der Waals surface area (Å²) in [6.45, 7) is 3.86. The molecule has 2 aromatic rings. The van der Waals surface area contributed by atoms with Crippen molar-refractivity contribution in [1.82, 2.24) is 15.1 Å². The second kappa shape index (κ2) is 6.36. The normalized spacial score (nSPS) is 23.4. The van der Waals surface area contributed by atoms with Gasteiger partial charge < -0.3 is 10.4 Å². The van der Waals surface area contributed by atoms with Gasteiger partial charge in [0, 0.05) is 17.2 Å². The highest BCUT2D eigenvalue weighted by Gasteiger charge is 2.39. The van der Waals surface area contributed by atoms with Crippen molar-refractivity contribution < 1.29 is 14.3 Å². The lowest BCUT2D eigenvalue weighted by Crippen LogP contribution is -2.44. The lowest BCUT2D eigenvalue weighted by Gasteiger charge is -2.29. The maximum absolute atomic E-state index is 13.4. The monoisotopic (exact) mass is 331 g/mol. The van der Waals surface area contributed by atoms with Crippen LogP contribution in [-0.2, 0) is 0 Å². The zero-order valence-electron chi connectivity index (χ0n) is 13.9. The third kappa shape index (κ3) is 3.06. The zero-order valence-corrected chi connectivity index (χ0v) is 13.9. The van der Waals surface area contributed by atoms with Crippen molar-refractivity contribution in [3.8, 4) is 5.69 Å². The second-order valence-corrected chi connectivity index (χ2v) is 6.79. The predicted molar refractivity (Wildman–Crippen MR) is 88.6 cm³/mol. The van der Waals surface area contributed by atoms with E-state index in [4.69, 9.17) is 0 Å². The predicted octanol–water partition coefficient (Wildman–Crippen LogP) is 2.60. The molecule has 2 atom stereocenters. The van der Waals surface area contributed by atoms with Gasteiger partial charge in [-0.25, -0.2) is 9.07 Å². The van der Waals surface area contributed by atoms with Crippen molar-refractivity contribution in [1.29, 1.82) is 0 Å². The average Bonchev–Trinajstić information content (AvgIpc) is 3.12. The molecule has 1 aromatic carbocycles. The number of hydrogen-bond acceptors (Lipinski definition) is 3. The highest BCUT2D eigenvalue weighted by Crippen LogP contribution is 2.37. The van der Waals surface area contributed by atoms with E-state index in [9.17, 15) is 14.3 Å². The molecule has 128 valence electrons. The van der Waals surface area contributed by atoms with Gasteiger partial charge in [-0.3, -0.25) is 4.79 Å². The molecule has 6 heteroatoms. The van der Waals surface area contributed by atoms with Crippen molar-refractivity contribution in [3.05, 3.63) is 47.5 Å². The van der Waals surface area contributed by atoms with Crippen LogP contribution in [0.1, 0.15) is 42.4 Å². The van der Waals surface area contributed by atoms with Gasteiger partial charge in [-0.1, -0.05) is 19.4 Å². The van der Waals surface area contributed by atoms with Crippen molar-refractivity contribution >= 4 is 5.91 Å². The van der Waals surface area contributed by atoms with Crippen molar-refractivity contribution in [2.24, 2.45) is 5.41 Å². The summed E-state index contributed by atoms with van der Waals surface area (Å²) in [5.74, 6) is -0.613. The summed E-state index contributed by atoms with van der Waals surface area (Å²) in [5.41, 5.74) is 1.34. The summed E-state index contributed by atoms with van der Waals surface area (Å²) in [6.07, 6.45) is 2.73. The van der Waals surface area contributed by atoms with Crippen LogP contribution in [0.4, 0.5) is 4.39 Å².